The van der Waals surface area contributed by atoms with Gasteiger partial charge in [0.15, 0.2) is 0 Å². The summed E-state index contributed by atoms with van der Waals surface area (Å²) in [4.78, 5) is 0. The number of methoxy groups -OCH3 is 2. The standard InChI is InChI=1S/C24H25BO4/c1-4-23(19-14-20(25(26)27)16-22(15-19)29-3)24(17-8-6-5-7-9-17)18-10-12-21(28-2)13-11-18/h5-16,26-27H,4H2,1-3H3/b24-23+. The molecule has 0 aliphatic carbocycles. The summed E-state index contributed by atoms with van der Waals surface area (Å²) in [6, 6.07) is 23.5. The maximum absolute atomic E-state index is 9.72. The van der Waals surface area contributed by atoms with E-state index in [1.807, 2.05) is 48.5 Å². The fraction of sp³-hybridized carbons (Fsp3) is 0.167. The Balaban J connectivity index is 2.28. The molecule has 0 heterocycles. The highest BCUT2D eigenvalue weighted by Gasteiger charge is 2.18. The maximum atomic E-state index is 9.72. The molecule has 0 amide bonds. The van der Waals surface area contributed by atoms with Crippen LogP contribution in [0.3, 0.4) is 0 Å². The summed E-state index contributed by atoms with van der Waals surface area (Å²) in [7, 11) is 1.66. The van der Waals surface area contributed by atoms with Crippen molar-refractivity contribution in [1.29, 1.82) is 0 Å². The van der Waals surface area contributed by atoms with Crippen LogP contribution in [-0.4, -0.2) is 31.4 Å². The monoisotopic (exact) mass is 388 g/mol. The van der Waals surface area contributed by atoms with Gasteiger partial charge in [-0.2, -0.15) is 0 Å². The summed E-state index contributed by atoms with van der Waals surface area (Å²) in [5, 5.41) is 19.4. The molecule has 0 saturated carbocycles. The average molecular weight is 388 g/mol. The van der Waals surface area contributed by atoms with Crippen molar-refractivity contribution < 1.29 is 19.5 Å². The van der Waals surface area contributed by atoms with Crippen molar-refractivity contribution in [1.82, 2.24) is 0 Å². The van der Waals surface area contributed by atoms with E-state index in [0.717, 1.165) is 40.0 Å². The Morgan fingerprint density at radius 3 is 1.93 bits per heavy atom. The lowest BCUT2D eigenvalue weighted by Gasteiger charge is -2.18. The molecule has 3 rings (SSSR count). The number of allylic oxidation sites excluding steroid dienone is 1. The van der Waals surface area contributed by atoms with Gasteiger partial charge in [0, 0.05) is 0 Å². The van der Waals surface area contributed by atoms with E-state index in [1.54, 1.807) is 26.4 Å². The van der Waals surface area contributed by atoms with Crippen molar-refractivity contribution in [2.45, 2.75) is 13.3 Å². The lowest BCUT2D eigenvalue weighted by Crippen LogP contribution is -2.30. The normalized spacial score (nSPS) is 11.6. The third-order valence-electron chi connectivity index (χ3n) is 4.91. The fourth-order valence-corrected chi connectivity index (χ4v) is 3.47. The second kappa shape index (κ2) is 9.46. The minimum atomic E-state index is -1.57. The number of benzene rings is 3. The Bertz CT molecular complexity index is 980. The molecule has 0 fully saturated rings. The lowest BCUT2D eigenvalue weighted by atomic mass is 9.78. The van der Waals surface area contributed by atoms with E-state index in [9.17, 15) is 10.0 Å². The van der Waals surface area contributed by atoms with Gasteiger partial charge >= 0.3 is 7.12 Å². The molecule has 3 aromatic rings. The van der Waals surface area contributed by atoms with Crippen molar-refractivity contribution in [3.63, 3.8) is 0 Å². The van der Waals surface area contributed by atoms with Gasteiger partial charge in [-0.05, 0) is 64.0 Å². The Kier molecular flexibility index (Phi) is 6.75. The van der Waals surface area contributed by atoms with E-state index in [1.165, 1.54) is 0 Å². The largest absolute Gasteiger partial charge is 0.497 e. The Morgan fingerprint density at radius 1 is 0.759 bits per heavy atom. The molecule has 4 nitrogen and oxygen atoms in total. The summed E-state index contributed by atoms with van der Waals surface area (Å²) in [5.74, 6) is 1.38. The molecule has 148 valence electrons. The molecular formula is C24H25BO4. The lowest BCUT2D eigenvalue weighted by molar-refractivity contribution is 0.412. The van der Waals surface area contributed by atoms with E-state index < -0.39 is 7.12 Å². The van der Waals surface area contributed by atoms with Crippen molar-refractivity contribution in [2.24, 2.45) is 0 Å². The first-order chi connectivity index (χ1) is 14.1. The van der Waals surface area contributed by atoms with E-state index in [2.05, 4.69) is 19.1 Å². The molecule has 0 atom stereocenters. The first-order valence-corrected chi connectivity index (χ1v) is 9.55. The molecule has 0 aliphatic heterocycles. The molecule has 5 heteroatoms. The third-order valence-corrected chi connectivity index (χ3v) is 4.91. The minimum absolute atomic E-state index is 0.396. The highest BCUT2D eigenvalue weighted by atomic mass is 16.5. The van der Waals surface area contributed by atoms with Crippen LogP contribution < -0.4 is 14.9 Å². The Morgan fingerprint density at radius 2 is 1.38 bits per heavy atom. The molecule has 0 bridgehead atoms. The Hall–Kier alpha value is -3.02. The number of ether oxygens (including phenoxy) is 2. The summed E-state index contributed by atoms with van der Waals surface area (Å²) in [5.41, 5.74) is 5.60. The molecule has 0 radical (unpaired) electrons. The highest BCUT2D eigenvalue weighted by Crippen LogP contribution is 2.35. The van der Waals surface area contributed by atoms with Gasteiger partial charge in [-0.1, -0.05) is 55.5 Å². The second-order valence-corrected chi connectivity index (χ2v) is 6.67. The van der Waals surface area contributed by atoms with Crippen LogP contribution in [0.15, 0.2) is 72.8 Å². The van der Waals surface area contributed by atoms with Crippen LogP contribution in [0.4, 0.5) is 0 Å². The number of hydrogen-bond donors (Lipinski definition) is 2. The van der Waals surface area contributed by atoms with Crippen LogP contribution in [0, 0.1) is 0 Å². The maximum Gasteiger partial charge on any atom is 0.488 e. The van der Waals surface area contributed by atoms with Gasteiger partial charge in [-0.25, -0.2) is 0 Å². The van der Waals surface area contributed by atoms with Crippen LogP contribution in [0.25, 0.3) is 11.1 Å². The van der Waals surface area contributed by atoms with Gasteiger partial charge in [-0.15, -0.1) is 0 Å². The van der Waals surface area contributed by atoms with E-state index in [0.29, 0.717) is 11.2 Å². The molecule has 3 aromatic carbocycles. The van der Waals surface area contributed by atoms with Gasteiger partial charge in [0.25, 0.3) is 0 Å². The Labute approximate surface area is 172 Å². The van der Waals surface area contributed by atoms with Crippen LogP contribution in [-0.2, 0) is 0 Å². The summed E-state index contributed by atoms with van der Waals surface area (Å²) < 4.78 is 10.7. The third kappa shape index (κ3) is 4.70. The quantitative estimate of drug-likeness (QED) is 0.478. The van der Waals surface area contributed by atoms with Gasteiger partial charge in [-0.3, -0.25) is 0 Å². The van der Waals surface area contributed by atoms with Gasteiger partial charge in [0.05, 0.1) is 14.2 Å². The molecule has 0 aromatic heterocycles. The van der Waals surface area contributed by atoms with Gasteiger partial charge in [0.2, 0.25) is 0 Å². The van der Waals surface area contributed by atoms with Crippen LogP contribution in [0.5, 0.6) is 11.5 Å². The molecule has 0 unspecified atom stereocenters. The zero-order chi connectivity index (χ0) is 20.8. The summed E-state index contributed by atoms with van der Waals surface area (Å²) in [6.07, 6.45) is 0.754. The number of hydrogen-bond acceptors (Lipinski definition) is 4. The van der Waals surface area contributed by atoms with Gasteiger partial charge in [0.1, 0.15) is 11.5 Å². The number of rotatable bonds is 7. The van der Waals surface area contributed by atoms with Crippen LogP contribution >= 0.6 is 0 Å². The SMILES string of the molecule is CC/C(=C(/c1ccccc1)c1ccc(OC)cc1)c1cc(OC)cc(B(O)O)c1. The molecule has 0 aliphatic rings. The molecule has 0 saturated heterocycles. The van der Waals surface area contributed by atoms with E-state index in [-0.39, 0.29) is 0 Å². The molecule has 2 N–H and O–H groups in total. The molecule has 29 heavy (non-hydrogen) atoms. The average Bonchev–Trinajstić information content (AvgIpc) is 2.77. The molecule has 0 spiro atoms. The second-order valence-electron chi connectivity index (χ2n) is 6.67. The first-order valence-electron chi connectivity index (χ1n) is 9.55. The van der Waals surface area contributed by atoms with Crippen LogP contribution in [0.2, 0.25) is 0 Å². The first kappa shape index (κ1) is 20.7. The van der Waals surface area contributed by atoms with Crippen molar-refractivity contribution in [3.05, 3.63) is 89.5 Å². The highest BCUT2D eigenvalue weighted by molar-refractivity contribution is 6.58. The fourth-order valence-electron chi connectivity index (χ4n) is 3.47. The zero-order valence-electron chi connectivity index (χ0n) is 16.9. The van der Waals surface area contributed by atoms with E-state index >= 15 is 0 Å². The van der Waals surface area contributed by atoms with Gasteiger partial charge < -0.3 is 19.5 Å². The predicted octanol–water partition coefficient (Wildman–Crippen LogP) is 3.75. The predicted molar refractivity (Wildman–Crippen MR) is 118 cm³/mol. The smallest absolute Gasteiger partial charge is 0.488 e. The minimum Gasteiger partial charge on any atom is -0.497 e. The van der Waals surface area contributed by atoms with E-state index in [4.69, 9.17) is 9.47 Å². The van der Waals surface area contributed by atoms with Crippen molar-refractivity contribution in [2.75, 3.05) is 14.2 Å². The zero-order valence-corrected chi connectivity index (χ0v) is 16.9. The topological polar surface area (TPSA) is 58.9 Å². The summed E-state index contributed by atoms with van der Waals surface area (Å²) in [6.45, 7) is 2.09. The molecular weight excluding hydrogens is 363 g/mol. The summed E-state index contributed by atoms with van der Waals surface area (Å²) >= 11 is 0. The van der Waals surface area contributed by atoms with Crippen molar-refractivity contribution >= 4 is 23.7 Å². The van der Waals surface area contributed by atoms with Crippen molar-refractivity contribution in [3.8, 4) is 11.5 Å². The van der Waals surface area contributed by atoms with Crippen LogP contribution in [0.1, 0.15) is 30.0 Å².